The molecule has 0 aliphatic heterocycles. The molecular formula is C14H25N3OS2. The summed E-state index contributed by atoms with van der Waals surface area (Å²) in [6, 6.07) is 0.418. The van der Waals surface area contributed by atoms with Gasteiger partial charge in [0.05, 0.1) is 6.61 Å². The van der Waals surface area contributed by atoms with Crippen molar-refractivity contribution in [3.8, 4) is 0 Å². The van der Waals surface area contributed by atoms with E-state index >= 15 is 0 Å². The number of hydrogen-bond donors (Lipinski definition) is 2. The fourth-order valence-electron chi connectivity index (χ4n) is 3.21. The van der Waals surface area contributed by atoms with Gasteiger partial charge >= 0.3 is 0 Å². The molecule has 0 saturated heterocycles. The van der Waals surface area contributed by atoms with Crippen molar-refractivity contribution in [1.29, 1.82) is 0 Å². The average Bonchev–Trinajstić information content (AvgIpc) is 2.97. The maximum Gasteiger partial charge on any atom is 0.170 e. The van der Waals surface area contributed by atoms with Crippen LogP contribution in [0.25, 0.3) is 0 Å². The van der Waals surface area contributed by atoms with Crippen LogP contribution in [-0.2, 0) is 0 Å². The Morgan fingerprint density at radius 3 is 2.95 bits per heavy atom. The molecule has 1 aromatic heterocycles. The summed E-state index contributed by atoms with van der Waals surface area (Å²) in [4.78, 5) is 4.39. The maximum absolute atomic E-state index is 9.87. The molecule has 20 heavy (non-hydrogen) atoms. The van der Waals surface area contributed by atoms with E-state index in [1.165, 1.54) is 24.4 Å². The van der Waals surface area contributed by atoms with Gasteiger partial charge in [-0.1, -0.05) is 32.0 Å². The highest BCUT2D eigenvalue weighted by Crippen LogP contribution is 2.39. The van der Waals surface area contributed by atoms with E-state index in [2.05, 4.69) is 28.5 Å². The molecule has 1 aliphatic carbocycles. The first kappa shape index (κ1) is 16.2. The second-order valence-corrected chi connectivity index (χ2v) is 8.04. The van der Waals surface area contributed by atoms with Crippen LogP contribution in [0.3, 0.4) is 0 Å². The summed E-state index contributed by atoms with van der Waals surface area (Å²) >= 11 is 3.28. The van der Waals surface area contributed by atoms with Crippen molar-refractivity contribution < 1.29 is 5.11 Å². The van der Waals surface area contributed by atoms with Crippen LogP contribution < -0.4 is 5.32 Å². The number of aliphatic hydroxyl groups is 1. The first-order valence-corrected chi connectivity index (χ1v) is 9.13. The van der Waals surface area contributed by atoms with Gasteiger partial charge in [-0.3, -0.25) is 0 Å². The van der Waals surface area contributed by atoms with Crippen molar-refractivity contribution in [2.45, 2.75) is 62.4 Å². The average molecular weight is 316 g/mol. The van der Waals surface area contributed by atoms with Crippen LogP contribution >= 0.6 is 23.3 Å². The van der Waals surface area contributed by atoms with E-state index in [4.69, 9.17) is 0 Å². The van der Waals surface area contributed by atoms with Crippen molar-refractivity contribution in [2.24, 2.45) is 5.92 Å². The summed E-state index contributed by atoms with van der Waals surface area (Å²) in [7, 11) is 0. The van der Waals surface area contributed by atoms with Crippen molar-refractivity contribution in [2.75, 3.05) is 12.4 Å². The normalized spacial score (nSPS) is 26.6. The molecule has 4 nitrogen and oxygen atoms in total. The summed E-state index contributed by atoms with van der Waals surface area (Å²) in [5.41, 5.74) is -0.0637. The monoisotopic (exact) mass is 315 g/mol. The van der Waals surface area contributed by atoms with E-state index < -0.39 is 0 Å². The predicted octanol–water partition coefficient (Wildman–Crippen LogP) is 2.86. The SMILES string of the molecule is Cc1nsc(SCCC2CCCC2(CO)NC(C)C)n1. The van der Waals surface area contributed by atoms with E-state index in [0.29, 0.717) is 12.0 Å². The lowest BCUT2D eigenvalue weighted by atomic mass is 9.85. The van der Waals surface area contributed by atoms with Gasteiger partial charge in [-0.2, -0.15) is 4.37 Å². The Bertz CT molecular complexity index is 424. The number of rotatable bonds is 7. The second kappa shape index (κ2) is 7.20. The molecule has 2 rings (SSSR count). The molecule has 2 unspecified atom stereocenters. The highest BCUT2D eigenvalue weighted by atomic mass is 32.2. The maximum atomic E-state index is 9.87. The van der Waals surface area contributed by atoms with Gasteiger partial charge in [0.1, 0.15) is 5.82 Å². The molecule has 2 atom stereocenters. The van der Waals surface area contributed by atoms with Crippen LogP contribution in [0, 0.1) is 12.8 Å². The third kappa shape index (κ3) is 3.93. The Labute approximate surface area is 129 Å². The Kier molecular flexibility index (Phi) is 5.84. The summed E-state index contributed by atoms with van der Waals surface area (Å²) in [6.45, 7) is 6.50. The number of nitrogens with one attached hydrogen (secondary N) is 1. The van der Waals surface area contributed by atoms with Gasteiger partial charge < -0.3 is 10.4 Å². The molecule has 0 spiro atoms. The molecular weight excluding hydrogens is 290 g/mol. The van der Waals surface area contributed by atoms with Crippen molar-refractivity contribution in [3.05, 3.63) is 5.82 Å². The van der Waals surface area contributed by atoms with Gasteiger partial charge in [0.25, 0.3) is 0 Å². The Morgan fingerprint density at radius 2 is 2.35 bits per heavy atom. The van der Waals surface area contributed by atoms with Gasteiger partial charge in [0.2, 0.25) is 0 Å². The lowest BCUT2D eigenvalue weighted by Crippen LogP contribution is -2.54. The van der Waals surface area contributed by atoms with Gasteiger partial charge in [-0.05, 0) is 43.6 Å². The highest BCUT2D eigenvalue weighted by molar-refractivity contribution is 8.00. The zero-order valence-corrected chi connectivity index (χ0v) is 14.2. The first-order chi connectivity index (χ1) is 9.55. The van der Waals surface area contributed by atoms with Crippen LogP contribution in [0.2, 0.25) is 0 Å². The number of hydrogen-bond acceptors (Lipinski definition) is 6. The van der Waals surface area contributed by atoms with E-state index in [1.54, 1.807) is 11.8 Å². The van der Waals surface area contributed by atoms with Crippen molar-refractivity contribution >= 4 is 23.3 Å². The van der Waals surface area contributed by atoms with Crippen LogP contribution in [0.5, 0.6) is 0 Å². The lowest BCUT2D eigenvalue weighted by Gasteiger charge is -2.37. The molecule has 0 bridgehead atoms. The molecule has 6 heteroatoms. The Morgan fingerprint density at radius 1 is 1.55 bits per heavy atom. The summed E-state index contributed by atoms with van der Waals surface area (Å²) in [5, 5.41) is 13.5. The number of aryl methyl sites for hydroxylation is 1. The lowest BCUT2D eigenvalue weighted by molar-refractivity contribution is 0.113. The zero-order chi connectivity index (χ0) is 14.6. The molecule has 0 amide bonds. The molecule has 2 N–H and O–H groups in total. The highest BCUT2D eigenvalue weighted by Gasteiger charge is 2.42. The summed E-state index contributed by atoms with van der Waals surface area (Å²) < 4.78 is 5.27. The van der Waals surface area contributed by atoms with Gasteiger partial charge in [0.15, 0.2) is 4.34 Å². The van der Waals surface area contributed by atoms with Gasteiger partial charge in [-0.15, -0.1) is 0 Å². The van der Waals surface area contributed by atoms with E-state index in [1.807, 2.05) is 6.92 Å². The van der Waals surface area contributed by atoms with Gasteiger partial charge in [0, 0.05) is 17.3 Å². The number of aromatic nitrogens is 2. The fraction of sp³-hybridized carbons (Fsp3) is 0.857. The number of thioether (sulfide) groups is 1. The minimum atomic E-state index is -0.0637. The first-order valence-electron chi connectivity index (χ1n) is 7.37. The van der Waals surface area contributed by atoms with Gasteiger partial charge in [-0.25, -0.2) is 4.98 Å². The molecule has 1 aromatic rings. The van der Waals surface area contributed by atoms with E-state index in [9.17, 15) is 5.11 Å². The largest absolute Gasteiger partial charge is 0.394 e. The fourth-order valence-corrected chi connectivity index (χ4v) is 4.98. The number of aliphatic hydroxyl groups excluding tert-OH is 1. The molecule has 1 aliphatic rings. The van der Waals surface area contributed by atoms with Crippen LogP contribution in [0.4, 0.5) is 0 Å². The topological polar surface area (TPSA) is 58.0 Å². The van der Waals surface area contributed by atoms with Crippen LogP contribution in [0.15, 0.2) is 4.34 Å². The molecule has 0 aromatic carbocycles. The molecule has 114 valence electrons. The predicted molar refractivity (Wildman–Crippen MR) is 85.4 cm³/mol. The Hall–Kier alpha value is -0.170. The summed E-state index contributed by atoms with van der Waals surface area (Å²) in [5.74, 6) is 2.49. The van der Waals surface area contributed by atoms with Crippen LogP contribution in [-0.4, -0.2) is 38.4 Å². The van der Waals surface area contributed by atoms with Crippen LogP contribution in [0.1, 0.15) is 45.4 Å². The third-order valence-corrected chi connectivity index (χ3v) is 5.97. The van der Waals surface area contributed by atoms with Crippen molar-refractivity contribution in [3.63, 3.8) is 0 Å². The van der Waals surface area contributed by atoms with E-state index in [-0.39, 0.29) is 12.1 Å². The molecule has 1 heterocycles. The molecule has 1 fully saturated rings. The minimum absolute atomic E-state index is 0.0637. The smallest absolute Gasteiger partial charge is 0.170 e. The van der Waals surface area contributed by atoms with E-state index in [0.717, 1.165) is 28.8 Å². The third-order valence-electron chi connectivity index (χ3n) is 4.02. The second-order valence-electron chi connectivity index (χ2n) is 5.95. The Balaban J connectivity index is 1.87. The zero-order valence-electron chi connectivity index (χ0n) is 12.6. The quantitative estimate of drug-likeness (QED) is 0.758. The standard InChI is InChI=1S/C14H25N3OS2/c1-10(2)16-14(9-18)7-4-5-12(14)6-8-19-13-15-11(3)17-20-13/h10,12,16,18H,4-9H2,1-3H3. The summed E-state index contributed by atoms with van der Waals surface area (Å²) in [6.07, 6.45) is 4.65. The molecule has 0 radical (unpaired) electrons. The minimum Gasteiger partial charge on any atom is -0.394 e. The molecule has 1 saturated carbocycles. The number of nitrogens with zero attached hydrogens (tertiary/aromatic N) is 2. The van der Waals surface area contributed by atoms with Crippen molar-refractivity contribution in [1.82, 2.24) is 14.7 Å².